The molecule has 0 aromatic heterocycles. The van der Waals surface area contributed by atoms with Crippen molar-refractivity contribution in [3.8, 4) is 0 Å². The van der Waals surface area contributed by atoms with Crippen LogP contribution >= 0.6 is 28.6 Å². The minimum Gasteiger partial charge on any atom is -0.179 e. The van der Waals surface area contributed by atoms with Gasteiger partial charge in [0.25, 0.3) is 0 Å². The summed E-state index contributed by atoms with van der Waals surface area (Å²) < 4.78 is 1.12. The van der Waals surface area contributed by atoms with E-state index in [1.165, 1.54) is 5.56 Å². The average molecular weight is 243 g/mol. The van der Waals surface area contributed by atoms with Gasteiger partial charge >= 0.3 is 0 Å². The summed E-state index contributed by atoms with van der Waals surface area (Å²) in [4.78, 5) is 0. The Kier molecular flexibility index (Phi) is 4.48. The summed E-state index contributed by atoms with van der Waals surface area (Å²) in [7, 11) is 0. The van der Waals surface area contributed by atoms with Crippen LogP contribution in [0.3, 0.4) is 0 Å². The number of halogens is 1. The first-order valence-corrected chi connectivity index (χ1v) is 5.28. The number of allylic oxidation sites excluding steroid dienone is 1. The number of hydrogen-bond acceptors (Lipinski definition) is 1. The lowest BCUT2D eigenvalue weighted by Gasteiger charge is -1.92. The van der Waals surface area contributed by atoms with E-state index in [2.05, 4.69) is 52.8 Å². The Hall–Kier alpha value is -0.210. The standard InChI is InChI=1S/C10H11BrS/c11-10-6-4-9(5-7-10)3-1-2-8-12/h1,3-7,12H,2,8H2. The van der Waals surface area contributed by atoms with Crippen molar-refractivity contribution in [3.05, 3.63) is 40.4 Å². The molecule has 2 heteroatoms. The van der Waals surface area contributed by atoms with Gasteiger partial charge in [-0.05, 0) is 29.9 Å². The van der Waals surface area contributed by atoms with Crippen LogP contribution in [-0.4, -0.2) is 5.75 Å². The van der Waals surface area contributed by atoms with Gasteiger partial charge in [0.05, 0.1) is 0 Å². The van der Waals surface area contributed by atoms with Crippen LogP contribution in [-0.2, 0) is 0 Å². The Morgan fingerprint density at radius 3 is 2.50 bits per heavy atom. The van der Waals surface area contributed by atoms with Crippen LogP contribution < -0.4 is 0 Å². The smallest absolute Gasteiger partial charge is 0.0175 e. The summed E-state index contributed by atoms with van der Waals surface area (Å²) in [6.45, 7) is 0. The molecular formula is C10H11BrS. The lowest BCUT2D eigenvalue weighted by molar-refractivity contribution is 1.26. The number of thiol groups is 1. The number of rotatable bonds is 3. The van der Waals surface area contributed by atoms with Crippen LogP contribution in [0.2, 0.25) is 0 Å². The molecule has 64 valence electrons. The van der Waals surface area contributed by atoms with Gasteiger partial charge in [-0.3, -0.25) is 0 Å². The SMILES string of the molecule is SCCC=Cc1ccc(Br)cc1. The summed E-state index contributed by atoms with van der Waals surface area (Å²) in [6.07, 6.45) is 5.28. The molecule has 0 spiro atoms. The molecule has 0 bridgehead atoms. The molecule has 0 fully saturated rings. The molecule has 1 aromatic carbocycles. The third-order valence-corrected chi connectivity index (χ3v) is 2.26. The molecule has 0 heterocycles. The first-order valence-electron chi connectivity index (χ1n) is 3.86. The molecule has 0 radical (unpaired) electrons. The summed E-state index contributed by atoms with van der Waals surface area (Å²) in [6, 6.07) is 8.25. The van der Waals surface area contributed by atoms with E-state index in [9.17, 15) is 0 Å². The van der Waals surface area contributed by atoms with Gasteiger partial charge in [0.2, 0.25) is 0 Å². The van der Waals surface area contributed by atoms with Crippen molar-refractivity contribution in [2.75, 3.05) is 5.75 Å². The average Bonchev–Trinajstić information content (AvgIpc) is 2.09. The summed E-state index contributed by atoms with van der Waals surface area (Å²) in [5, 5.41) is 0. The van der Waals surface area contributed by atoms with Crippen LogP contribution in [0.25, 0.3) is 6.08 Å². The molecule has 0 aliphatic rings. The predicted molar refractivity (Wildman–Crippen MR) is 61.6 cm³/mol. The molecule has 1 aromatic rings. The van der Waals surface area contributed by atoms with Gasteiger partial charge in [-0.1, -0.05) is 40.2 Å². The fourth-order valence-electron chi connectivity index (χ4n) is 0.868. The van der Waals surface area contributed by atoms with Gasteiger partial charge in [-0.25, -0.2) is 0 Å². The maximum atomic E-state index is 4.12. The largest absolute Gasteiger partial charge is 0.179 e. The van der Waals surface area contributed by atoms with Gasteiger partial charge in [0, 0.05) is 4.47 Å². The van der Waals surface area contributed by atoms with Crippen LogP contribution in [0.5, 0.6) is 0 Å². The minimum absolute atomic E-state index is 0.910. The topological polar surface area (TPSA) is 0 Å². The van der Waals surface area contributed by atoms with Gasteiger partial charge < -0.3 is 0 Å². The monoisotopic (exact) mass is 242 g/mol. The van der Waals surface area contributed by atoms with Gasteiger partial charge in [-0.15, -0.1) is 0 Å². The van der Waals surface area contributed by atoms with Crippen molar-refractivity contribution in [1.82, 2.24) is 0 Å². The van der Waals surface area contributed by atoms with Crippen molar-refractivity contribution in [2.45, 2.75) is 6.42 Å². The molecule has 0 atom stereocenters. The molecule has 0 aliphatic carbocycles. The van der Waals surface area contributed by atoms with Crippen molar-refractivity contribution in [1.29, 1.82) is 0 Å². The fraction of sp³-hybridized carbons (Fsp3) is 0.200. The molecule has 0 saturated carbocycles. The molecule has 0 amide bonds. The molecular weight excluding hydrogens is 232 g/mol. The Labute approximate surface area is 87.2 Å². The van der Waals surface area contributed by atoms with Crippen LogP contribution in [0.15, 0.2) is 34.8 Å². The van der Waals surface area contributed by atoms with E-state index < -0.39 is 0 Å². The van der Waals surface area contributed by atoms with Crippen LogP contribution in [0.4, 0.5) is 0 Å². The van der Waals surface area contributed by atoms with E-state index in [1.807, 2.05) is 12.1 Å². The summed E-state index contributed by atoms with van der Waals surface area (Å²) >= 11 is 7.52. The molecule has 12 heavy (non-hydrogen) atoms. The molecule has 1 rings (SSSR count). The second-order valence-electron chi connectivity index (χ2n) is 2.47. The zero-order valence-electron chi connectivity index (χ0n) is 6.70. The van der Waals surface area contributed by atoms with Crippen LogP contribution in [0.1, 0.15) is 12.0 Å². The van der Waals surface area contributed by atoms with Gasteiger partial charge in [0.1, 0.15) is 0 Å². The first kappa shape index (κ1) is 9.87. The van der Waals surface area contributed by atoms with E-state index in [1.54, 1.807) is 0 Å². The fourth-order valence-corrected chi connectivity index (χ4v) is 1.28. The normalized spacial score (nSPS) is 10.8. The lowest BCUT2D eigenvalue weighted by atomic mass is 10.2. The molecule has 0 unspecified atom stereocenters. The number of benzene rings is 1. The Balaban J connectivity index is 2.58. The zero-order valence-corrected chi connectivity index (χ0v) is 9.18. The molecule has 0 saturated heterocycles. The van der Waals surface area contributed by atoms with E-state index in [-0.39, 0.29) is 0 Å². The first-order chi connectivity index (χ1) is 5.83. The quantitative estimate of drug-likeness (QED) is 0.767. The van der Waals surface area contributed by atoms with Crippen molar-refractivity contribution >= 4 is 34.6 Å². The van der Waals surface area contributed by atoms with Gasteiger partial charge in [-0.2, -0.15) is 12.6 Å². The second kappa shape index (κ2) is 5.44. The maximum absolute atomic E-state index is 4.12. The van der Waals surface area contributed by atoms with Crippen molar-refractivity contribution in [2.24, 2.45) is 0 Å². The highest BCUT2D eigenvalue weighted by Gasteiger charge is 1.85. The Morgan fingerprint density at radius 2 is 1.92 bits per heavy atom. The second-order valence-corrected chi connectivity index (χ2v) is 3.83. The number of hydrogen-bond donors (Lipinski definition) is 1. The van der Waals surface area contributed by atoms with Crippen molar-refractivity contribution in [3.63, 3.8) is 0 Å². The molecule has 0 nitrogen and oxygen atoms in total. The maximum Gasteiger partial charge on any atom is 0.0175 e. The zero-order chi connectivity index (χ0) is 8.81. The van der Waals surface area contributed by atoms with Gasteiger partial charge in [0.15, 0.2) is 0 Å². The third-order valence-electron chi connectivity index (χ3n) is 1.48. The minimum atomic E-state index is 0.910. The predicted octanol–water partition coefficient (Wildman–Crippen LogP) is 3.78. The van der Waals surface area contributed by atoms with E-state index >= 15 is 0 Å². The highest BCUT2D eigenvalue weighted by Crippen LogP contribution is 2.11. The van der Waals surface area contributed by atoms with E-state index in [4.69, 9.17) is 0 Å². The third kappa shape index (κ3) is 3.46. The lowest BCUT2D eigenvalue weighted by Crippen LogP contribution is -1.71. The Bertz CT molecular complexity index is 251. The highest BCUT2D eigenvalue weighted by atomic mass is 79.9. The van der Waals surface area contributed by atoms with E-state index in [0.29, 0.717) is 0 Å². The van der Waals surface area contributed by atoms with E-state index in [0.717, 1.165) is 16.6 Å². The summed E-state index contributed by atoms with van der Waals surface area (Å²) in [5.74, 6) is 0.910. The molecule has 0 aliphatic heterocycles. The highest BCUT2D eigenvalue weighted by molar-refractivity contribution is 9.10. The van der Waals surface area contributed by atoms with Crippen molar-refractivity contribution < 1.29 is 0 Å². The Morgan fingerprint density at radius 1 is 1.25 bits per heavy atom. The summed E-state index contributed by atoms with van der Waals surface area (Å²) in [5.41, 5.74) is 1.24. The van der Waals surface area contributed by atoms with Crippen LogP contribution in [0, 0.1) is 0 Å². The molecule has 0 N–H and O–H groups in total.